The zero-order valence-corrected chi connectivity index (χ0v) is 15.1. The lowest BCUT2D eigenvalue weighted by molar-refractivity contribution is -0.0244. The number of carbonyl (C=O) groups excluding carboxylic acids is 1. The fourth-order valence-corrected chi connectivity index (χ4v) is 3.16. The van der Waals surface area contributed by atoms with E-state index in [1.54, 1.807) is 11.8 Å². The van der Waals surface area contributed by atoms with Gasteiger partial charge in [-0.2, -0.15) is 0 Å². The Balaban J connectivity index is 1.57. The lowest BCUT2D eigenvalue weighted by Gasteiger charge is -2.38. The number of piperidine rings is 1. The molecule has 1 amide bonds. The average Bonchev–Trinajstić information content (AvgIpc) is 2.68. The van der Waals surface area contributed by atoms with E-state index in [-0.39, 0.29) is 6.09 Å². The lowest BCUT2D eigenvalue weighted by atomic mass is 9.84. The molecule has 5 nitrogen and oxygen atoms in total. The SMILES string of the molecule is CCOC(=O)N1CCC(O)(c2ccc(OCc3ccccc3)cc2)CC1. The number of benzene rings is 2. The summed E-state index contributed by atoms with van der Waals surface area (Å²) >= 11 is 0. The van der Waals surface area contributed by atoms with E-state index in [2.05, 4.69) is 0 Å². The van der Waals surface area contributed by atoms with Crippen LogP contribution in [0.4, 0.5) is 4.79 Å². The second-order valence-corrected chi connectivity index (χ2v) is 6.52. The van der Waals surface area contributed by atoms with Crippen molar-refractivity contribution in [1.82, 2.24) is 4.90 Å². The Morgan fingerprint density at radius 1 is 1.08 bits per heavy atom. The smallest absolute Gasteiger partial charge is 0.409 e. The van der Waals surface area contributed by atoms with E-state index in [9.17, 15) is 9.90 Å². The van der Waals surface area contributed by atoms with Gasteiger partial charge in [0.05, 0.1) is 12.2 Å². The van der Waals surface area contributed by atoms with E-state index < -0.39 is 5.60 Å². The van der Waals surface area contributed by atoms with Crippen molar-refractivity contribution in [1.29, 1.82) is 0 Å². The fraction of sp³-hybridized carbons (Fsp3) is 0.381. The molecule has 138 valence electrons. The first-order chi connectivity index (χ1) is 12.6. The standard InChI is InChI=1S/C21H25NO4/c1-2-25-20(23)22-14-12-21(24,13-15-22)18-8-10-19(11-9-18)26-16-17-6-4-3-5-7-17/h3-11,24H,2,12-16H2,1H3. The van der Waals surface area contributed by atoms with Crippen molar-refractivity contribution >= 4 is 6.09 Å². The van der Waals surface area contributed by atoms with Crippen molar-refractivity contribution in [2.24, 2.45) is 0 Å². The highest BCUT2D eigenvalue weighted by molar-refractivity contribution is 5.67. The minimum Gasteiger partial charge on any atom is -0.489 e. The highest BCUT2D eigenvalue weighted by Crippen LogP contribution is 2.34. The van der Waals surface area contributed by atoms with Crippen LogP contribution in [0.5, 0.6) is 5.75 Å². The van der Waals surface area contributed by atoms with Crippen LogP contribution in [0.1, 0.15) is 30.9 Å². The van der Waals surface area contributed by atoms with Gasteiger partial charge in [0.25, 0.3) is 0 Å². The first-order valence-corrected chi connectivity index (χ1v) is 9.02. The van der Waals surface area contributed by atoms with Crippen molar-refractivity contribution < 1.29 is 19.4 Å². The number of carbonyl (C=O) groups is 1. The number of amides is 1. The van der Waals surface area contributed by atoms with Gasteiger partial charge >= 0.3 is 6.09 Å². The second kappa shape index (κ2) is 8.23. The van der Waals surface area contributed by atoms with Crippen molar-refractivity contribution in [2.45, 2.75) is 32.0 Å². The third-order valence-corrected chi connectivity index (χ3v) is 4.76. The first-order valence-electron chi connectivity index (χ1n) is 9.02. The van der Waals surface area contributed by atoms with Crippen LogP contribution < -0.4 is 4.74 Å². The zero-order chi connectivity index (χ0) is 18.4. The molecule has 1 aliphatic heterocycles. The molecule has 1 N–H and O–H groups in total. The van der Waals surface area contributed by atoms with E-state index in [1.165, 1.54) is 0 Å². The number of hydrogen-bond donors (Lipinski definition) is 1. The van der Waals surface area contributed by atoms with Crippen LogP contribution in [-0.2, 0) is 16.9 Å². The molecule has 0 aromatic heterocycles. The van der Waals surface area contributed by atoms with E-state index >= 15 is 0 Å². The highest BCUT2D eigenvalue weighted by Gasteiger charge is 2.35. The lowest BCUT2D eigenvalue weighted by Crippen LogP contribution is -2.45. The zero-order valence-electron chi connectivity index (χ0n) is 15.1. The molecular formula is C21H25NO4. The Hall–Kier alpha value is -2.53. The Morgan fingerprint density at radius 2 is 1.73 bits per heavy atom. The van der Waals surface area contributed by atoms with Gasteiger partial charge in [-0.3, -0.25) is 0 Å². The highest BCUT2D eigenvalue weighted by atomic mass is 16.6. The van der Waals surface area contributed by atoms with Gasteiger partial charge < -0.3 is 19.5 Å². The molecule has 3 rings (SSSR count). The van der Waals surface area contributed by atoms with Crippen LogP contribution in [-0.4, -0.2) is 35.8 Å². The molecule has 0 unspecified atom stereocenters. The molecule has 1 fully saturated rings. The van der Waals surface area contributed by atoms with E-state index in [0.717, 1.165) is 16.9 Å². The predicted octanol–water partition coefficient (Wildman–Crippen LogP) is 3.71. The van der Waals surface area contributed by atoms with E-state index in [1.807, 2.05) is 54.6 Å². The van der Waals surface area contributed by atoms with Gasteiger partial charge in [-0.05, 0) is 43.0 Å². The summed E-state index contributed by atoms with van der Waals surface area (Å²) in [6.07, 6.45) is 0.686. The molecule has 1 aliphatic rings. The third kappa shape index (κ3) is 4.35. The molecule has 1 heterocycles. The molecule has 5 heteroatoms. The molecule has 2 aromatic carbocycles. The average molecular weight is 355 g/mol. The summed E-state index contributed by atoms with van der Waals surface area (Å²) in [7, 11) is 0. The van der Waals surface area contributed by atoms with Crippen LogP contribution in [0.3, 0.4) is 0 Å². The maximum absolute atomic E-state index is 11.8. The van der Waals surface area contributed by atoms with Crippen LogP contribution >= 0.6 is 0 Å². The Kier molecular flexibility index (Phi) is 5.78. The van der Waals surface area contributed by atoms with Crippen molar-refractivity contribution in [2.75, 3.05) is 19.7 Å². The largest absolute Gasteiger partial charge is 0.489 e. The molecule has 26 heavy (non-hydrogen) atoms. The summed E-state index contributed by atoms with van der Waals surface area (Å²) in [5.74, 6) is 0.769. The molecule has 0 atom stereocenters. The molecule has 0 spiro atoms. The minimum absolute atomic E-state index is 0.306. The van der Waals surface area contributed by atoms with Crippen LogP contribution in [0.15, 0.2) is 54.6 Å². The van der Waals surface area contributed by atoms with Crippen LogP contribution in [0.25, 0.3) is 0 Å². The van der Waals surface area contributed by atoms with Crippen molar-refractivity contribution in [3.8, 4) is 5.75 Å². The monoisotopic (exact) mass is 355 g/mol. The molecule has 2 aromatic rings. The second-order valence-electron chi connectivity index (χ2n) is 6.52. The van der Waals surface area contributed by atoms with Gasteiger partial charge in [-0.25, -0.2) is 4.79 Å². The molecule has 0 bridgehead atoms. The number of rotatable bonds is 5. The maximum atomic E-state index is 11.8. The predicted molar refractivity (Wildman–Crippen MR) is 98.9 cm³/mol. The van der Waals surface area contributed by atoms with Crippen LogP contribution in [0.2, 0.25) is 0 Å². The Morgan fingerprint density at radius 3 is 2.35 bits per heavy atom. The normalized spacial score (nSPS) is 16.2. The molecule has 1 saturated heterocycles. The van der Waals surface area contributed by atoms with Gasteiger partial charge in [0.15, 0.2) is 0 Å². The summed E-state index contributed by atoms with van der Waals surface area (Å²) in [6, 6.07) is 17.6. The molecular weight excluding hydrogens is 330 g/mol. The third-order valence-electron chi connectivity index (χ3n) is 4.76. The summed E-state index contributed by atoms with van der Waals surface area (Å²) < 4.78 is 10.8. The van der Waals surface area contributed by atoms with Crippen molar-refractivity contribution in [3.63, 3.8) is 0 Å². The number of aliphatic hydroxyl groups is 1. The summed E-state index contributed by atoms with van der Waals surface area (Å²) in [5.41, 5.74) is 1.05. The summed E-state index contributed by atoms with van der Waals surface area (Å²) in [5, 5.41) is 11.0. The van der Waals surface area contributed by atoms with E-state index in [4.69, 9.17) is 9.47 Å². The van der Waals surface area contributed by atoms with Gasteiger partial charge in [-0.15, -0.1) is 0 Å². The number of nitrogens with zero attached hydrogens (tertiary/aromatic N) is 1. The van der Waals surface area contributed by atoms with Gasteiger partial charge in [0.1, 0.15) is 12.4 Å². The fourth-order valence-electron chi connectivity index (χ4n) is 3.16. The first kappa shape index (κ1) is 18.3. The Labute approximate surface area is 154 Å². The number of hydrogen-bond acceptors (Lipinski definition) is 4. The van der Waals surface area contributed by atoms with Crippen molar-refractivity contribution in [3.05, 3.63) is 65.7 Å². The van der Waals surface area contributed by atoms with Gasteiger partial charge in [0.2, 0.25) is 0 Å². The van der Waals surface area contributed by atoms with Gasteiger partial charge in [-0.1, -0.05) is 42.5 Å². The topological polar surface area (TPSA) is 59.0 Å². The number of ether oxygens (including phenoxy) is 2. The van der Waals surface area contributed by atoms with Crippen LogP contribution in [0, 0.1) is 0 Å². The Bertz CT molecular complexity index is 707. The quantitative estimate of drug-likeness (QED) is 0.888. The van der Waals surface area contributed by atoms with E-state index in [0.29, 0.717) is 39.1 Å². The number of likely N-dealkylation sites (tertiary alicyclic amines) is 1. The summed E-state index contributed by atoms with van der Waals surface area (Å²) in [4.78, 5) is 13.4. The van der Waals surface area contributed by atoms with Gasteiger partial charge in [0, 0.05) is 13.1 Å². The molecule has 0 radical (unpaired) electrons. The molecule has 0 saturated carbocycles. The maximum Gasteiger partial charge on any atom is 0.409 e. The summed E-state index contributed by atoms with van der Waals surface area (Å²) in [6.45, 7) is 3.64. The molecule has 0 aliphatic carbocycles. The minimum atomic E-state index is -0.916.